The monoisotopic (exact) mass is 505 g/mol. The molecule has 1 aliphatic heterocycles. The summed E-state index contributed by atoms with van der Waals surface area (Å²) in [7, 11) is -1.48. The van der Waals surface area contributed by atoms with E-state index < -0.39 is 10.0 Å². The highest BCUT2D eigenvalue weighted by Crippen LogP contribution is 2.39. The molecule has 0 bridgehead atoms. The van der Waals surface area contributed by atoms with Crippen molar-refractivity contribution in [2.75, 3.05) is 12.8 Å². The molecule has 0 unspecified atom stereocenters. The second-order valence-corrected chi connectivity index (χ2v) is 11.2. The number of rotatable bonds is 9. The first-order valence-electron chi connectivity index (χ1n) is 12.6. The molecule has 6 nitrogen and oxygen atoms in total. The van der Waals surface area contributed by atoms with E-state index in [2.05, 4.69) is 23.4 Å². The standard InChI is InChI=1S/C29H35N3O3S/c1-4-27(31-36(33,34)5-2)29-30-20-26(28(32(29)3)24-14-10-7-11-15-24)23-16-18-25(19-17-23)35-21-22-12-8-6-9-13-22/h4,6,8-9,12-13,16-20,24,31H,1,5,7,10-11,14-15,21H2,2-3H3/b29-27+. The van der Waals surface area contributed by atoms with E-state index in [4.69, 9.17) is 9.73 Å². The van der Waals surface area contributed by atoms with Crippen molar-refractivity contribution in [2.24, 2.45) is 10.9 Å². The predicted molar refractivity (Wildman–Crippen MR) is 147 cm³/mol. The van der Waals surface area contributed by atoms with E-state index in [1.54, 1.807) is 6.92 Å². The van der Waals surface area contributed by atoms with Crippen LogP contribution in [0.15, 0.2) is 89.5 Å². The quantitative estimate of drug-likeness (QED) is 0.463. The first-order chi connectivity index (χ1) is 17.4. The van der Waals surface area contributed by atoms with Crippen LogP contribution in [0.1, 0.15) is 50.2 Å². The molecular weight excluding hydrogens is 470 g/mol. The lowest BCUT2D eigenvalue weighted by atomic mass is 9.83. The molecule has 0 spiro atoms. The second-order valence-electron chi connectivity index (χ2n) is 9.20. The van der Waals surface area contributed by atoms with Gasteiger partial charge >= 0.3 is 0 Å². The van der Waals surface area contributed by atoms with Crippen LogP contribution in [0.3, 0.4) is 0 Å². The third kappa shape index (κ3) is 6.08. The fourth-order valence-electron chi connectivity index (χ4n) is 4.81. The van der Waals surface area contributed by atoms with Gasteiger partial charge in [-0.15, -0.1) is 0 Å². The highest BCUT2D eigenvalue weighted by atomic mass is 32.2. The van der Waals surface area contributed by atoms with Crippen LogP contribution in [-0.2, 0) is 16.6 Å². The Kier molecular flexibility index (Phi) is 8.31. The molecule has 1 aliphatic carbocycles. The van der Waals surface area contributed by atoms with Gasteiger partial charge in [-0.25, -0.2) is 13.4 Å². The number of nitrogens with zero attached hydrogens (tertiary/aromatic N) is 2. The molecule has 1 N–H and O–H groups in total. The van der Waals surface area contributed by atoms with E-state index in [0.717, 1.165) is 35.3 Å². The Morgan fingerprint density at radius 1 is 1.11 bits per heavy atom. The molecule has 0 aromatic heterocycles. The smallest absolute Gasteiger partial charge is 0.232 e. The summed E-state index contributed by atoms with van der Waals surface area (Å²) in [5.74, 6) is 1.74. The van der Waals surface area contributed by atoms with Gasteiger partial charge in [-0.05, 0) is 55.0 Å². The molecule has 2 aliphatic rings. The molecular formula is C29H35N3O3S. The summed E-state index contributed by atoms with van der Waals surface area (Å²) in [5.41, 5.74) is 4.82. The third-order valence-electron chi connectivity index (χ3n) is 6.77. The van der Waals surface area contributed by atoms with Crippen LogP contribution < -0.4 is 9.46 Å². The van der Waals surface area contributed by atoms with Crippen molar-refractivity contribution in [3.8, 4) is 5.75 Å². The Morgan fingerprint density at radius 3 is 2.44 bits per heavy atom. The van der Waals surface area contributed by atoms with Gasteiger partial charge < -0.3 is 9.64 Å². The van der Waals surface area contributed by atoms with Gasteiger partial charge in [0.2, 0.25) is 10.0 Å². The van der Waals surface area contributed by atoms with Gasteiger partial charge in [0.15, 0.2) is 5.82 Å². The molecule has 1 heterocycles. The second kappa shape index (κ2) is 11.6. The van der Waals surface area contributed by atoms with Crippen molar-refractivity contribution in [3.63, 3.8) is 0 Å². The maximum atomic E-state index is 12.3. The minimum atomic E-state index is -3.45. The Hall–Kier alpha value is -3.32. The largest absolute Gasteiger partial charge is 0.489 e. The third-order valence-corrected chi connectivity index (χ3v) is 8.06. The van der Waals surface area contributed by atoms with Crippen molar-refractivity contribution in [2.45, 2.75) is 45.6 Å². The summed E-state index contributed by atoms with van der Waals surface area (Å²) < 4.78 is 33.2. The van der Waals surface area contributed by atoms with Gasteiger partial charge in [-0.1, -0.05) is 68.3 Å². The fourth-order valence-corrected chi connectivity index (χ4v) is 5.46. The van der Waals surface area contributed by atoms with Gasteiger partial charge in [0.1, 0.15) is 12.4 Å². The molecule has 0 amide bonds. The maximum Gasteiger partial charge on any atom is 0.232 e. The first kappa shape index (κ1) is 25.8. The Bertz CT molecular complexity index is 1260. The summed E-state index contributed by atoms with van der Waals surface area (Å²) in [4.78, 5) is 6.74. The normalized spacial score (nSPS) is 18.2. The molecule has 7 heteroatoms. The van der Waals surface area contributed by atoms with Crippen molar-refractivity contribution in [3.05, 3.63) is 95.6 Å². The number of allylic oxidation sites excluding steroid dienone is 3. The van der Waals surface area contributed by atoms with Crippen molar-refractivity contribution < 1.29 is 13.2 Å². The number of nitrogens with one attached hydrogen (secondary N) is 1. The Morgan fingerprint density at radius 2 is 1.81 bits per heavy atom. The molecule has 4 rings (SSSR count). The van der Waals surface area contributed by atoms with Gasteiger partial charge in [0, 0.05) is 24.5 Å². The summed E-state index contributed by atoms with van der Waals surface area (Å²) >= 11 is 0. The number of aliphatic imine (C=N–C) groups is 1. The minimum Gasteiger partial charge on any atom is -0.489 e. The van der Waals surface area contributed by atoms with Crippen LogP contribution in [0.4, 0.5) is 0 Å². The molecule has 36 heavy (non-hydrogen) atoms. The van der Waals surface area contributed by atoms with Gasteiger partial charge in [0.25, 0.3) is 0 Å². The van der Waals surface area contributed by atoms with Crippen LogP contribution in [0.25, 0.3) is 5.57 Å². The fraction of sp³-hybridized carbons (Fsp3) is 0.345. The van der Waals surface area contributed by atoms with Gasteiger partial charge in [-0.2, -0.15) is 0 Å². The lowest BCUT2D eigenvalue weighted by molar-refractivity contribution is 0.306. The predicted octanol–water partition coefficient (Wildman–Crippen LogP) is 5.87. The molecule has 1 fully saturated rings. The van der Waals surface area contributed by atoms with Crippen LogP contribution in [0.2, 0.25) is 0 Å². The highest BCUT2D eigenvalue weighted by molar-refractivity contribution is 7.89. The molecule has 190 valence electrons. The van der Waals surface area contributed by atoms with Gasteiger partial charge in [-0.3, -0.25) is 4.72 Å². The zero-order valence-electron chi connectivity index (χ0n) is 21.1. The minimum absolute atomic E-state index is 0.0136. The molecule has 2 aromatic rings. The number of hydrogen-bond acceptors (Lipinski definition) is 5. The van der Waals surface area contributed by atoms with E-state index in [-0.39, 0.29) is 5.75 Å². The lowest BCUT2D eigenvalue weighted by Crippen LogP contribution is -2.32. The van der Waals surface area contributed by atoms with Gasteiger partial charge in [0.05, 0.1) is 11.4 Å². The zero-order valence-corrected chi connectivity index (χ0v) is 21.9. The SMILES string of the molecule is C=C/C(NS(=O)(=O)CC)=C1/N=CC(c2ccc(OCc3ccccc3)cc2)=C(C2CCCCC2)N1C. The number of ether oxygens (including phenoxy) is 1. The summed E-state index contributed by atoms with van der Waals surface area (Å²) in [6, 6.07) is 18.2. The molecule has 0 radical (unpaired) electrons. The highest BCUT2D eigenvalue weighted by Gasteiger charge is 2.29. The van der Waals surface area contributed by atoms with E-state index in [1.807, 2.05) is 60.6 Å². The number of hydrogen-bond donors (Lipinski definition) is 1. The molecule has 0 atom stereocenters. The summed E-state index contributed by atoms with van der Waals surface area (Å²) in [5, 5.41) is 0. The first-order valence-corrected chi connectivity index (χ1v) is 14.2. The Balaban J connectivity index is 1.65. The van der Waals surface area contributed by atoms with Crippen molar-refractivity contribution >= 4 is 21.8 Å². The Labute approximate surface area is 215 Å². The number of benzene rings is 2. The topological polar surface area (TPSA) is 71.0 Å². The summed E-state index contributed by atoms with van der Waals surface area (Å²) in [6.45, 7) is 5.97. The zero-order chi connectivity index (χ0) is 25.5. The van der Waals surface area contributed by atoms with Crippen LogP contribution in [0.5, 0.6) is 5.75 Å². The van der Waals surface area contributed by atoms with Crippen molar-refractivity contribution in [1.82, 2.24) is 9.62 Å². The summed E-state index contributed by atoms with van der Waals surface area (Å²) in [6.07, 6.45) is 9.23. The maximum absolute atomic E-state index is 12.3. The number of sulfonamides is 1. The van der Waals surface area contributed by atoms with E-state index in [1.165, 1.54) is 31.0 Å². The van der Waals surface area contributed by atoms with E-state index in [9.17, 15) is 8.42 Å². The van der Waals surface area contributed by atoms with Crippen LogP contribution >= 0.6 is 0 Å². The average molecular weight is 506 g/mol. The average Bonchev–Trinajstić information content (AvgIpc) is 2.92. The lowest BCUT2D eigenvalue weighted by Gasteiger charge is -2.36. The van der Waals surface area contributed by atoms with E-state index in [0.29, 0.717) is 24.0 Å². The molecule has 0 saturated heterocycles. The van der Waals surface area contributed by atoms with E-state index >= 15 is 0 Å². The molecule has 1 saturated carbocycles. The molecule has 2 aromatic carbocycles. The van der Waals surface area contributed by atoms with Crippen molar-refractivity contribution in [1.29, 1.82) is 0 Å². The van der Waals surface area contributed by atoms with Crippen LogP contribution in [0, 0.1) is 5.92 Å². The van der Waals surface area contributed by atoms with Crippen LogP contribution in [-0.4, -0.2) is 32.3 Å².